The van der Waals surface area contributed by atoms with E-state index >= 15 is 0 Å². The van der Waals surface area contributed by atoms with Crippen LogP contribution in [0.25, 0.3) is 17.7 Å². The highest BCUT2D eigenvalue weighted by atomic mass is 16.5. The summed E-state index contributed by atoms with van der Waals surface area (Å²) in [5.74, 6) is -0.284. The van der Waals surface area contributed by atoms with Crippen molar-refractivity contribution in [1.29, 1.82) is 0 Å². The van der Waals surface area contributed by atoms with Gasteiger partial charge in [-0.3, -0.25) is 10.0 Å². The molecule has 0 atom stereocenters. The van der Waals surface area contributed by atoms with Crippen molar-refractivity contribution in [3.05, 3.63) is 76.4 Å². The fraction of sp³-hybridized carbons (Fsp3) is 0.370. The highest BCUT2D eigenvalue weighted by Gasteiger charge is 2.22. The second-order valence-electron chi connectivity index (χ2n) is 8.53. The number of benzene rings is 2. The minimum absolute atomic E-state index is 0.284. The van der Waals surface area contributed by atoms with Gasteiger partial charge in [-0.25, -0.2) is 5.48 Å². The molecule has 1 fully saturated rings. The van der Waals surface area contributed by atoms with Gasteiger partial charge in [0.15, 0.2) is 0 Å². The molecule has 2 N–H and O–H groups in total. The molecule has 0 bridgehead atoms. The number of carbonyl (C=O) groups is 1. The Morgan fingerprint density at radius 2 is 1.42 bits per heavy atom. The molecule has 0 aromatic heterocycles. The van der Waals surface area contributed by atoms with E-state index in [1.54, 1.807) is 11.1 Å². The molecular formula is C27H32N2O2. The third-order valence-corrected chi connectivity index (χ3v) is 6.47. The number of fused-ring (bicyclic) bond motifs is 2. The van der Waals surface area contributed by atoms with Gasteiger partial charge in [-0.2, -0.15) is 0 Å². The third kappa shape index (κ3) is 5.33. The maximum Gasteiger partial charge on any atom is 0.243 e. The molecule has 4 nitrogen and oxygen atoms in total. The van der Waals surface area contributed by atoms with E-state index in [2.05, 4.69) is 65.6 Å². The Morgan fingerprint density at radius 3 is 2.03 bits per heavy atom. The summed E-state index contributed by atoms with van der Waals surface area (Å²) in [6, 6.07) is 17.5. The molecule has 4 rings (SSSR count). The Labute approximate surface area is 185 Å². The van der Waals surface area contributed by atoms with Crippen molar-refractivity contribution in [3.8, 4) is 0 Å². The van der Waals surface area contributed by atoms with E-state index in [9.17, 15) is 4.79 Å². The van der Waals surface area contributed by atoms with Crippen LogP contribution in [0.15, 0.2) is 54.1 Å². The number of hydrogen-bond acceptors (Lipinski definition) is 3. The van der Waals surface area contributed by atoms with Crippen LogP contribution in [0.1, 0.15) is 67.2 Å². The summed E-state index contributed by atoms with van der Waals surface area (Å²) in [6.45, 7) is 3.36. The van der Waals surface area contributed by atoms with E-state index in [4.69, 9.17) is 5.21 Å². The first-order valence-corrected chi connectivity index (χ1v) is 11.5. The topological polar surface area (TPSA) is 52.6 Å². The van der Waals surface area contributed by atoms with Gasteiger partial charge in [-0.05, 0) is 60.1 Å². The highest BCUT2D eigenvalue weighted by Crippen LogP contribution is 2.38. The third-order valence-electron chi connectivity index (χ3n) is 6.47. The number of hydroxylamine groups is 1. The summed E-state index contributed by atoms with van der Waals surface area (Å²) in [7, 11) is 0. The molecule has 2 aromatic rings. The van der Waals surface area contributed by atoms with Crippen molar-refractivity contribution in [2.75, 3.05) is 19.6 Å². The summed E-state index contributed by atoms with van der Waals surface area (Å²) < 4.78 is 0. The molecule has 2 aromatic carbocycles. The lowest BCUT2D eigenvalue weighted by Crippen LogP contribution is -2.32. The lowest BCUT2D eigenvalue weighted by atomic mass is 9.86. The lowest BCUT2D eigenvalue weighted by molar-refractivity contribution is -0.129. The van der Waals surface area contributed by atoms with Crippen LogP contribution in [0.4, 0.5) is 0 Å². The lowest BCUT2D eigenvalue weighted by Gasteiger charge is -2.30. The molecule has 1 aliphatic heterocycles. The standard InChI is InChI=1S/C27H32N2O2/c30-26(28-31)13-3-1-2-8-18-29-19-16-23(17-20-29)27-24-11-6-4-9-21(24)14-15-22-10-5-7-12-25(22)27/h4-7,9-12,14-15,31H,1-3,8,13,16-20H2,(H,28,30). The summed E-state index contributed by atoms with van der Waals surface area (Å²) in [6.07, 6.45) is 11.3. The zero-order valence-electron chi connectivity index (χ0n) is 18.1. The van der Waals surface area contributed by atoms with Crippen molar-refractivity contribution in [2.24, 2.45) is 0 Å². The number of likely N-dealkylation sites (tertiary alicyclic amines) is 1. The van der Waals surface area contributed by atoms with Crippen molar-refractivity contribution in [2.45, 2.75) is 44.9 Å². The molecule has 1 saturated heterocycles. The van der Waals surface area contributed by atoms with Crippen LogP contribution in [-0.2, 0) is 4.79 Å². The number of piperidine rings is 1. The zero-order valence-corrected chi connectivity index (χ0v) is 18.1. The number of nitrogens with zero attached hydrogens (tertiary/aromatic N) is 1. The molecule has 0 unspecified atom stereocenters. The Balaban J connectivity index is 1.39. The van der Waals surface area contributed by atoms with Crippen LogP contribution in [0.2, 0.25) is 0 Å². The first-order chi connectivity index (χ1) is 15.3. The number of hydrogen-bond donors (Lipinski definition) is 2. The normalized spacial score (nSPS) is 15.9. The van der Waals surface area contributed by atoms with Gasteiger partial charge in [0.25, 0.3) is 0 Å². The van der Waals surface area contributed by atoms with E-state index in [1.165, 1.54) is 34.2 Å². The molecule has 31 heavy (non-hydrogen) atoms. The second-order valence-corrected chi connectivity index (χ2v) is 8.53. The average Bonchev–Trinajstić information content (AvgIpc) is 2.98. The maximum atomic E-state index is 11.1. The average molecular weight is 417 g/mol. The summed E-state index contributed by atoms with van der Waals surface area (Å²) >= 11 is 0. The van der Waals surface area contributed by atoms with Gasteiger partial charge in [-0.15, -0.1) is 0 Å². The first-order valence-electron chi connectivity index (χ1n) is 11.5. The number of unbranched alkanes of at least 4 members (excludes halogenated alkanes) is 3. The van der Waals surface area contributed by atoms with E-state index < -0.39 is 0 Å². The molecule has 1 heterocycles. The van der Waals surface area contributed by atoms with E-state index in [0.717, 1.165) is 51.7 Å². The summed E-state index contributed by atoms with van der Waals surface area (Å²) in [5.41, 5.74) is 10.0. The van der Waals surface area contributed by atoms with Crippen molar-refractivity contribution in [1.82, 2.24) is 10.4 Å². The smallest absolute Gasteiger partial charge is 0.243 e. The molecule has 4 heteroatoms. The van der Waals surface area contributed by atoms with Crippen molar-refractivity contribution >= 4 is 23.6 Å². The van der Waals surface area contributed by atoms with Gasteiger partial charge >= 0.3 is 0 Å². The second kappa shape index (κ2) is 10.6. The van der Waals surface area contributed by atoms with Crippen LogP contribution in [0.3, 0.4) is 0 Å². The molecule has 0 radical (unpaired) electrons. The predicted octanol–water partition coefficient (Wildman–Crippen LogP) is 5.52. The molecule has 2 aliphatic rings. The van der Waals surface area contributed by atoms with Gasteiger partial charge < -0.3 is 4.90 Å². The predicted molar refractivity (Wildman–Crippen MR) is 127 cm³/mol. The number of rotatable bonds is 7. The van der Waals surface area contributed by atoms with Gasteiger partial charge in [-0.1, -0.05) is 79.1 Å². The number of amides is 1. The molecule has 1 aliphatic carbocycles. The van der Waals surface area contributed by atoms with Gasteiger partial charge in [0, 0.05) is 19.5 Å². The van der Waals surface area contributed by atoms with Crippen LogP contribution >= 0.6 is 0 Å². The Morgan fingerprint density at radius 1 is 0.839 bits per heavy atom. The Kier molecular flexibility index (Phi) is 7.34. The molecule has 0 spiro atoms. The van der Waals surface area contributed by atoms with Crippen LogP contribution in [-0.4, -0.2) is 35.6 Å². The zero-order chi connectivity index (χ0) is 21.5. The molecule has 0 saturated carbocycles. The quantitative estimate of drug-likeness (QED) is 0.303. The number of nitrogens with one attached hydrogen (secondary N) is 1. The molecular weight excluding hydrogens is 384 g/mol. The highest BCUT2D eigenvalue weighted by molar-refractivity contribution is 5.94. The van der Waals surface area contributed by atoms with Crippen LogP contribution < -0.4 is 5.48 Å². The fourth-order valence-corrected chi connectivity index (χ4v) is 4.77. The van der Waals surface area contributed by atoms with E-state index in [0.29, 0.717) is 6.42 Å². The summed E-state index contributed by atoms with van der Waals surface area (Å²) in [4.78, 5) is 13.6. The minimum Gasteiger partial charge on any atom is -0.303 e. The fourth-order valence-electron chi connectivity index (χ4n) is 4.77. The number of carbonyl (C=O) groups excluding carboxylic acids is 1. The van der Waals surface area contributed by atoms with Crippen molar-refractivity contribution in [3.63, 3.8) is 0 Å². The van der Waals surface area contributed by atoms with Crippen molar-refractivity contribution < 1.29 is 10.0 Å². The SMILES string of the molecule is O=C(CCCCCCN1CCC(=C2c3ccccc3C=Cc3ccccc32)CC1)NO. The molecule has 162 valence electrons. The van der Waals surface area contributed by atoms with E-state index in [-0.39, 0.29) is 5.91 Å². The van der Waals surface area contributed by atoms with Gasteiger partial charge in [0.1, 0.15) is 0 Å². The monoisotopic (exact) mass is 416 g/mol. The van der Waals surface area contributed by atoms with Crippen LogP contribution in [0.5, 0.6) is 0 Å². The van der Waals surface area contributed by atoms with Crippen LogP contribution in [0, 0.1) is 0 Å². The van der Waals surface area contributed by atoms with Gasteiger partial charge in [0.2, 0.25) is 5.91 Å². The van der Waals surface area contributed by atoms with Gasteiger partial charge in [0.05, 0.1) is 0 Å². The Bertz CT molecular complexity index is 915. The van der Waals surface area contributed by atoms with E-state index in [1.807, 2.05) is 0 Å². The Hall–Kier alpha value is -2.69. The molecule has 1 amide bonds. The largest absolute Gasteiger partial charge is 0.303 e. The summed E-state index contributed by atoms with van der Waals surface area (Å²) in [5, 5.41) is 8.53. The minimum atomic E-state index is -0.284. The maximum absolute atomic E-state index is 11.1. The first kappa shape index (κ1) is 21.5.